The van der Waals surface area contributed by atoms with Gasteiger partial charge in [-0.2, -0.15) is 0 Å². The van der Waals surface area contributed by atoms with Gasteiger partial charge in [-0.05, 0) is 24.6 Å². The van der Waals surface area contributed by atoms with E-state index in [1.165, 1.54) is 30.4 Å². The molecule has 0 radical (unpaired) electrons. The van der Waals surface area contributed by atoms with Crippen LogP contribution in [0.5, 0.6) is 0 Å². The molecule has 0 unspecified atom stereocenters. The minimum atomic E-state index is 0.740. The van der Waals surface area contributed by atoms with Crippen molar-refractivity contribution >= 4 is 0 Å². The van der Waals surface area contributed by atoms with Gasteiger partial charge in [-0.15, -0.1) is 0 Å². The minimum Gasteiger partial charge on any atom is -0.377 e. The number of rotatable bonds is 8. The zero-order valence-corrected chi connectivity index (χ0v) is 10.5. The first-order chi connectivity index (χ1) is 7.86. The summed E-state index contributed by atoms with van der Waals surface area (Å²) in [7, 11) is 1.96. The Balaban J connectivity index is 2.21. The third-order valence-electron chi connectivity index (χ3n) is 2.56. The Morgan fingerprint density at radius 3 is 2.38 bits per heavy atom. The Bertz CT molecular complexity index is 269. The molecule has 0 aliphatic rings. The lowest BCUT2D eigenvalue weighted by Gasteiger charge is -2.05. The van der Waals surface area contributed by atoms with Gasteiger partial charge in [-0.25, -0.2) is 0 Å². The maximum atomic E-state index is 5.61. The van der Waals surface area contributed by atoms with E-state index < -0.39 is 0 Å². The van der Waals surface area contributed by atoms with Crippen LogP contribution < -0.4 is 5.32 Å². The summed E-state index contributed by atoms with van der Waals surface area (Å²) < 4.78 is 5.61. The van der Waals surface area contributed by atoms with Gasteiger partial charge in [0, 0.05) is 13.2 Å². The van der Waals surface area contributed by atoms with Crippen LogP contribution in [0, 0.1) is 0 Å². The van der Waals surface area contributed by atoms with Crippen molar-refractivity contribution in [3.05, 3.63) is 35.4 Å². The molecule has 0 spiro atoms. The molecule has 90 valence electrons. The number of unbranched alkanes of at least 4 members (excludes halogenated alkanes) is 2. The second kappa shape index (κ2) is 8.31. The van der Waals surface area contributed by atoms with Crippen molar-refractivity contribution in [2.45, 2.75) is 39.3 Å². The highest BCUT2D eigenvalue weighted by Gasteiger charge is 1.94. The molecule has 0 saturated heterocycles. The van der Waals surface area contributed by atoms with E-state index in [4.69, 9.17) is 4.74 Å². The molecule has 1 rings (SSSR count). The SMILES string of the molecule is CCCCCOCc1ccc(CNC)cc1. The summed E-state index contributed by atoms with van der Waals surface area (Å²) in [6.45, 7) is 4.76. The van der Waals surface area contributed by atoms with Crippen LogP contribution in [0.25, 0.3) is 0 Å². The normalized spacial score (nSPS) is 10.6. The lowest BCUT2D eigenvalue weighted by Crippen LogP contribution is -2.04. The van der Waals surface area contributed by atoms with Crippen LogP contribution in [0.3, 0.4) is 0 Å². The van der Waals surface area contributed by atoms with Gasteiger partial charge in [0.15, 0.2) is 0 Å². The zero-order valence-electron chi connectivity index (χ0n) is 10.5. The van der Waals surface area contributed by atoms with Gasteiger partial charge in [0.1, 0.15) is 0 Å². The molecule has 0 aromatic heterocycles. The molecule has 16 heavy (non-hydrogen) atoms. The third kappa shape index (κ3) is 5.29. The largest absolute Gasteiger partial charge is 0.377 e. The average molecular weight is 221 g/mol. The van der Waals surface area contributed by atoms with E-state index in [0.29, 0.717) is 0 Å². The van der Waals surface area contributed by atoms with Crippen molar-refractivity contribution in [2.75, 3.05) is 13.7 Å². The van der Waals surface area contributed by atoms with E-state index in [0.717, 1.165) is 19.8 Å². The van der Waals surface area contributed by atoms with Crippen LogP contribution in [-0.2, 0) is 17.9 Å². The van der Waals surface area contributed by atoms with Gasteiger partial charge >= 0.3 is 0 Å². The first-order valence-corrected chi connectivity index (χ1v) is 6.17. The highest BCUT2D eigenvalue weighted by Crippen LogP contribution is 2.06. The molecule has 0 bridgehead atoms. The van der Waals surface area contributed by atoms with E-state index in [2.05, 4.69) is 36.5 Å². The van der Waals surface area contributed by atoms with E-state index in [-0.39, 0.29) is 0 Å². The van der Waals surface area contributed by atoms with Crippen LogP contribution in [0.4, 0.5) is 0 Å². The summed E-state index contributed by atoms with van der Waals surface area (Å²) in [5.74, 6) is 0. The van der Waals surface area contributed by atoms with Gasteiger partial charge in [0.05, 0.1) is 6.61 Å². The summed E-state index contributed by atoms with van der Waals surface area (Å²) in [6.07, 6.45) is 3.69. The fourth-order valence-corrected chi connectivity index (χ4v) is 1.60. The molecule has 0 heterocycles. The summed E-state index contributed by atoms with van der Waals surface area (Å²) in [5.41, 5.74) is 2.58. The number of benzene rings is 1. The van der Waals surface area contributed by atoms with Crippen LogP contribution in [0.1, 0.15) is 37.3 Å². The molecule has 0 aliphatic carbocycles. The molecule has 0 atom stereocenters. The molecular formula is C14H23NO. The van der Waals surface area contributed by atoms with Crippen LogP contribution in [0.2, 0.25) is 0 Å². The lowest BCUT2D eigenvalue weighted by molar-refractivity contribution is 0.117. The molecule has 0 fully saturated rings. The Hall–Kier alpha value is -0.860. The topological polar surface area (TPSA) is 21.3 Å². The molecule has 0 amide bonds. The molecule has 2 nitrogen and oxygen atoms in total. The van der Waals surface area contributed by atoms with Gasteiger partial charge in [-0.1, -0.05) is 44.0 Å². The average Bonchev–Trinajstić information content (AvgIpc) is 2.31. The Labute approximate surface area is 99.0 Å². The number of nitrogens with one attached hydrogen (secondary N) is 1. The first-order valence-electron chi connectivity index (χ1n) is 6.17. The Morgan fingerprint density at radius 2 is 1.75 bits per heavy atom. The van der Waals surface area contributed by atoms with Gasteiger partial charge < -0.3 is 10.1 Å². The van der Waals surface area contributed by atoms with E-state index in [9.17, 15) is 0 Å². The molecule has 1 N–H and O–H groups in total. The number of hydrogen-bond acceptors (Lipinski definition) is 2. The highest BCUT2D eigenvalue weighted by molar-refractivity contribution is 5.21. The summed E-state index contributed by atoms with van der Waals surface area (Å²) in [4.78, 5) is 0. The first kappa shape index (κ1) is 13.2. The maximum absolute atomic E-state index is 5.61. The predicted octanol–water partition coefficient (Wildman–Crippen LogP) is 3.11. The zero-order chi connectivity index (χ0) is 11.6. The van der Waals surface area contributed by atoms with E-state index in [1.54, 1.807) is 0 Å². The summed E-state index contributed by atoms with van der Waals surface area (Å²) in [5, 5.41) is 3.14. The fraction of sp³-hybridized carbons (Fsp3) is 0.571. The standard InChI is InChI=1S/C14H23NO/c1-3-4-5-10-16-12-14-8-6-13(7-9-14)11-15-2/h6-9,15H,3-5,10-12H2,1-2H3. The molecule has 0 saturated carbocycles. The van der Waals surface area contributed by atoms with Crippen molar-refractivity contribution in [3.63, 3.8) is 0 Å². The molecule has 1 aromatic rings. The minimum absolute atomic E-state index is 0.740. The molecule has 2 heteroatoms. The monoisotopic (exact) mass is 221 g/mol. The van der Waals surface area contributed by atoms with Crippen LogP contribution in [-0.4, -0.2) is 13.7 Å². The van der Waals surface area contributed by atoms with E-state index >= 15 is 0 Å². The molecule has 0 aliphatic heterocycles. The fourth-order valence-electron chi connectivity index (χ4n) is 1.60. The second-order valence-corrected chi connectivity index (χ2v) is 4.11. The smallest absolute Gasteiger partial charge is 0.0716 e. The second-order valence-electron chi connectivity index (χ2n) is 4.11. The van der Waals surface area contributed by atoms with Crippen LogP contribution >= 0.6 is 0 Å². The summed E-state index contributed by atoms with van der Waals surface area (Å²) >= 11 is 0. The maximum Gasteiger partial charge on any atom is 0.0716 e. The third-order valence-corrected chi connectivity index (χ3v) is 2.56. The van der Waals surface area contributed by atoms with Gasteiger partial charge in [0.25, 0.3) is 0 Å². The van der Waals surface area contributed by atoms with Crippen molar-refractivity contribution in [1.29, 1.82) is 0 Å². The van der Waals surface area contributed by atoms with Crippen molar-refractivity contribution < 1.29 is 4.74 Å². The predicted molar refractivity (Wildman–Crippen MR) is 68.4 cm³/mol. The Kier molecular flexibility index (Phi) is 6.86. The van der Waals surface area contributed by atoms with Crippen molar-refractivity contribution in [3.8, 4) is 0 Å². The quantitative estimate of drug-likeness (QED) is 0.681. The van der Waals surface area contributed by atoms with Crippen LogP contribution in [0.15, 0.2) is 24.3 Å². The van der Waals surface area contributed by atoms with Gasteiger partial charge in [-0.3, -0.25) is 0 Å². The number of ether oxygens (including phenoxy) is 1. The Morgan fingerprint density at radius 1 is 1.06 bits per heavy atom. The number of hydrogen-bond donors (Lipinski definition) is 1. The van der Waals surface area contributed by atoms with Crippen molar-refractivity contribution in [2.24, 2.45) is 0 Å². The highest BCUT2D eigenvalue weighted by atomic mass is 16.5. The van der Waals surface area contributed by atoms with E-state index in [1.807, 2.05) is 7.05 Å². The van der Waals surface area contributed by atoms with Gasteiger partial charge in [0.2, 0.25) is 0 Å². The molecular weight excluding hydrogens is 198 g/mol. The summed E-state index contributed by atoms with van der Waals surface area (Å²) in [6, 6.07) is 8.60. The molecule has 1 aromatic carbocycles. The lowest BCUT2D eigenvalue weighted by atomic mass is 10.1. The van der Waals surface area contributed by atoms with Crippen molar-refractivity contribution in [1.82, 2.24) is 5.32 Å².